The Kier molecular flexibility index (Phi) is 4.73. The molecule has 112 valence electrons. The maximum absolute atomic E-state index is 12.2. The third-order valence-corrected chi connectivity index (χ3v) is 4.20. The van der Waals surface area contributed by atoms with Crippen LogP contribution < -0.4 is 5.32 Å². The molecule has 0 radical (unpaired) electrons. The lowest BCUT2D eigenvalue weighted by atomic mass is 10.1. The van der Waals surface area contributed by atoms with Crippen molar-refractivity contribution in [3.8, 4) is 0 Å². The summed E-state index contributed by atoms with van der Waals surface area (Å²) in [7, 11) is 0. The van der Waals surface area contributed by atoms with Gasteiger partial charge in [-0.1, -0.05) is 17.8 Å². The molecule has 1 aliphatic rings. The molecule has 5 heteroatoms. The summed E-state index contributed by atoms with van der Waals surface area (Å²) in [6, 6.07) is 5.93. The summed E-state index contributed by atoms with van der Waals surface area (Å²) in [5.41, 5.74) is 3.45. The molecule has 0 saturated heterocycles. The fourth-order valence-corrected chi connectivity index (χ4v) is 2.91. The van der Waals surface area contributed by atoms with Gasteiger partial charge >= 0.3 is 0 Å². The van der Waals surface area contributed by atoms with E-state index in [0.717, 1.165) is 11.3 Å². The molecule has 0 unspecified atom stereocenters. The molecule has 0 spiro atoms. The summed E-state index contributed by atoms with van der Waals surface area (Å²) in [5.74, 6) is 0.223. The van der Waals surface area contributed by atoms with Gasteiger partial charge in [-0.3, -0.25) is 4.79 Å². The minimum atomic E-state index is -0.268. The van der Waals surface area contributed by atoms with Crippen LogP contribution in [0.3, 0.4) is 0 Å². The van der Waals surface area contributed by atoms with Gasteiger partial charge in [0, 0.05) is 6.04 Å². The Balaban J connectivity index is 2.32. The summed E-state index contributed by atoms with van der Waals surface area (Å²) < 4.78 is 0. The highest BCUT2D eigenvalue weighted by molar-refractivity contribution is 8.15. The maximum Gasteiger partial charge on any atom is 0.257 e. The van der Waals surface area contributed by atoms with Gasteiger partial charge in [0.2, 0.25) is 0 Å². The Morgan fingerprint density at radius 3 is 2.67 bits per heavy atom. The van der Waals surface area contributed by atoms with Crippen molar-refractivity contribution in [1.29, 1.82) is 0 Å². The van der Waals surface area contributed by atoms with E-state index in [-0.39, 0.29) is 17.7 Å². The molecule has 0 aliphatic carbocycles. The molecule has 1 heterocycles. The van der Waals surface area contributed by atoms with Gasteiger partial charge in [0.15, 0.2) is 0 Å². The van der Waals surface area contributed by atoms with Crippen LogP contribution in [0.15, 0.2) is 34.5 Å². The first kappa shape index (κ1) is 15.6. The fourth-order valence-electron chi connectivity index (χ4n) is 1.97. The minimum absolute atomic E-state index is 0.0197. The molecule has 0 saturated carbocycles. The van der Waals surface area contributed by atoms with Gasteiger partial charge < -0.3 is 10.4 Å². The van der Waals surface area contributed by atoms with E-state index in [0.29, 0.717) is 16.4 Å². The minimum Gasteiger partial charge on any atom is -0.510 e. The van der Waals surface area contributed by atoms with Crippen LogP contribution in [0.5, 0.6) is 0 Å². The first-order valence-corrected chi connectivity index (χ1v) is 7.89. The molecule has 1 aromatic rings. The molecule has 4 nitrogen and oxygen atoms in total. The topological polar surface area (TPSA) is 61.7 Å². The van der Waals surface area contributed by atoms with Crippen molar-refractivity contribution in [2.75, 3.05) is 5.75 Å². The second kappa shape index (κ2) is 6.35. The van der Waals surface area contributed by atoms with Gasteiger partial charge in [-0.2, -0.15) is 0 Å². The largest absolute Gasteiger partial charge is 0.510 e. The van der Waals surface area contributed by atoms with Crippen LogP contribution in [-0.2, 0) is 4.79 Å². The smallest absolute Gasteiger partial charge is 0.257 e. The third kappa shape index (κ3) is 3.67. The number of carbonyl (C=O) groups excluding carboxylic acids is 1. The number of nitrogens with zero attached hydrogens (tertiary/aromatic N) is 1. The number of benzene rings is 1. The zero-order chi connectivity index (χ0) is 15.6. The van der Waals surface area contributed by atoms with Gasteiger partial charge in [-0.05, 0) is 51.0 Å². The Labute approximate surface area is 129 Å². The van der Waals surface area contributed by atoms with Gasteiger partial charge in [0.1, 0.15) is 16.4 Å². The van der Waals surface area contributed by atoms with Gasteiger partial charge in [0.05, 0.1) is 11.4 Å². The van der Waals surface area contributed by atoms with Crippen molar-refractivity contribution in [2.24, 2.45) is 4.99 Å². The predicted octanol–water partition coefficient (Wildman–Crippen LogP) is 3.42. The van der Waals surface area contributed by atoms with Crippen LogP contribution in [0.4, 0.5) is 5.69 Å². The Morgan fingerprint density at radius 1 is 1.33 bits per heavy atom. The van der Waals surface area contributed by atoms with E-state index in [1.807, 2.05) is 45.9 Å². The average molecular weight is 304 g/mol. The molecular weight excluding hydrogens is 284 g/mol. The van der Waals surface area contributed by atoms with E-state index < -0.39 is 0 Å². The summed E-state index contributed by atoms with van der Waals surface area (Å²) in [6.07, 6.45) is 0. The van der Waals surface area contributed by atoms with Crippen molar-refractivity contribution in [1.82, 2.24) is 5.32 Å². The lowest BCUT2D eigenvalue weighted by Crippen LogP contribution is -2.33. The normalized spacial score (nSPS) is 16.9. The average Bonchev–Trinajstić information content (AvgIpc) is 2.74. The quantitative estimate of drug-likeness (QED) is 0.899. The van der Waals surface area contributed by atoms with Crippen LogP contribution in [0.2, 0.25) is 0 Å². The molecule has 0 bridgehead atoms. The number of hydrogen-bond donors (Lipinski definition) is 2. The lowest BCUT2D eigenvalue weighted by Gasteiger charge is -2.10. The van der Waals surface area contributed by atoms with E-state index in [4.69, 9.17) is 0 Å². The highest BCUT2D eigenvalue weighted by atomic mass is 32.2. The van der Waals surface area contributed by atoms with E-state index in [9.17, 15) is 9.90 Å². The highest BCUT2D eigenvalue weighted by Gasteiger charge is 2.28. The zero-order valence-electron chi connectivity index (χ0n) is 12.7. The Hall–Kier alpha value is -1.75. The molecular formula is C16H20N2O2S. The highest BCUT2D eigenvalue weighted by Crippen LogP contribution is 2.29. The summed E-state index contributed by atoms with van der Waals surface area (Å²) in [4.78, 5) is 16.7. The fraction of sp³-hybridized carbons (Fsp3) is 0.375. The number of rotatable bonds is 3. The molecule has 0 aromatic heterocycles. The number of thioether (sulfide) groups is 1. The third-order valence-electron chi connectivity index (χ3n) is 3.22. The summed E-state index contributed by atoms with van der Waals surface area (Å²) in [6.45, 7) is 7.85. The summed E-state index contributed by atoms with van der Waals surface area (Å²) >= 11 is 1.38. The zero-order valence-corrected chi connectivity index (χ0v) is 13.5. The molecule has 2 rings (SSSR count). The van der Waals surface area contributed by atoms with Crippen LogP contribution in [-0.4, -0.2) is 27.9 Å². The number of nitrogens with one attached hydrogen (secondary N) is 1. The van der Waals surface area contributed by atoms with E-state index >= 15 is 0 Å². The number of hydrogen-bond acceptors (Lipinski definition) is 4. The first-order valence-electron chi connectivity index (χ1n) is 6.90. The Morgan fingerprint density at radius 2 is 2.05 bits per heavy atom. The number of aryl methyl sites for hydroxylation is 2. The Bertz CT molecular complexity index is 633. The standard InChI is InChI=1S/C16H20N2O2S/c1-9(2)17-15(20)14-13(19)8-21-16(14)18-12-6-5-10(3)11(4)7-12/h5-7,9,19H,8H2,1-4H3,(H,17,20). The predicted molar refractivity (Wildman–Crippen MR) is 88.4 cm³/mol. The number of aliphatic imine (C=N–C) groups is 1. The van der Waals surface area contributed by atoms with Crippen LogP contribution in [0.25, 0.3) is 0 Å². The van der Waals surface area contributed by atoms with Gasteiger partial charge in [-0.15, -0.1) is 0 Å². The molecule has 0 atom stereocenters. The first-order chi connectivity index (χ1) is 9.88. The second-order valence-corrected chi connectivity index (χ2v) is 6.39. The van der Waals surface area contributed by atoms with Crippen molar-refractivity contribution < 1.29 is 9.90 Å². The SMILES string of the molecule is Cc1ccc(N=C2SCC(O)=C2C(=O)NC(C)C)cc1C. The van der Waals surface area contributed by atoms with E-state index in [2.05, 4.69) is 10.3 Å². The van der Waals surface area contributed by atoms with Crippen LogP contribution in [0.1, 0.15) is 25.0 Å². The van der Waals surface area contributed by atoms with E-state index in [1.54, 1.807) is 0 Å². The van der Waals surface area contributed by atoms with Gasteiger partial charge in [0.25, 0.3) is 5.91 Å². The van der Waals surface area contributed by atoms with Crippen molar-refractivity contribution >= 4 is 28.4 Å². The van der Waals surface area contributed by atoms with Crippen molar-refractivity contribution in [2.45, 2.75) is 33.7 Å². The number of amides is 1. The van der Waals surface area contributed by atoms with Crippen molar-refractivity contribution in [3.05, 3.63) is 40.7 Å². The van der Waals surface area contributed by atoms with Crippen LogP contribution in [0, 0.1) is 13.8 Å². The van der Waals surface area contributed by atoms with Gasteiger partial charge in [-0.25, -0.2) is 4.99 Å². The molecule has 1 aromatic carbocycles. The second-order valence-electron chi connectivity index (χ2n) is 5.42. The number of aliphatic hydroxyl groups excluding tert-OH is 1. The molecule has 1 amide bonds. The molecule has 2 N–H and O–H groups in total. The monoisotopic (exact) mass is 304 g/mol. The maximum atomic E-state index is 12.2. The number of aliphatic hydroxyl groups is 1. The lowest BCUT2D eigenvalue weighted by molar-refractivity contribution is -0.117. The van der Waals surface area contributed by atoms with E-state index in [1.165, 1.54) is 17.3 Å². The molecule has 0 fully saturated rings. The van der Waals surface area contributed by atoms with Crippen LogP contribution >= 0.6 is 11.8 Å². The van der Waals surface area contributed by atoms with Crippen molar-refractivity contribution in [3.63, 3.8) is 0 Å². The summed E-state index contributed by atoms with van der Waals surface area (Å²) in [5, 5.41) is 13.3. The molecule has 21 heavy (non-hydrogen) atoms. The molecule has 1 aliphatic heterocycles. The number of carbonyl (C=O) groups is 1.